The van der Waals surface area contributed by atoms with Gasteiger partial charge in [-0.1, -0.05) is 12.1 Å². The van der Waals surface area contributed by atoms with Gasteiger partial charge in [0, 0.05) is 5.56 Å². The van der Waals surface area contributed by atoms with Crippen molar-refractivity contribution in [2.75, 3.05) is 20.3 Å². The average Bonchev–Trinajstić information content (AvgIpc) is 3.50. The molecule has 0 radical (unpaired) electrons. The molecule has 0 spiro atoms. The molecule has 0 aliphatic carbocycles. The van der Waals surface area contributed by atoms with Gasteiger partial charge in [0.2, 0.25) is 0 Å². The number of carbonyl (C=O) groups is 3. The second-order valence-electron chi connectivity index (χ2n) is 7.98. The predicted molar refractivity (Wildman–Crippen MR) is 122 cm³/mol. The molecule has 2 aliphatic rings. The van der Waals surface area contributed by atoms with E-state index < -0.39 is 23.7 Å². The van der Waals surface area contributed by atoms with Crippen molar-refractivity contribution in [3.05, 3.63) is 88.9 Å². The summed E-state index contributed by atoms with van der Waals surface area (Å²) in [7, 11) is 1.28. The molecule has 5 rings (SSSR count). The van der Waals surface area contributed by atoms with Crippen molar-refractivity contribution in [2.24, 2.45) is 0 Å². The quantitative estimate of drug-likeness (QED) is 0.258. The van der Waals surface area contributed by atoms with Gasteiger partial charge >= 0.3 is 5.97 Å². The molecular weight excluding hydrogens is 454 g/mol. The Kier molecular flexibility index (Phi) is 5.74. The number of ether oxygens (including phenoxy) is 3. The molecule has 0 saturated carbocycles. The molecule has 1 aromatic heterocycles. The second-order valence-corrected chi connectivity index (χ2v) is 7.98. The average molecular weight is 475 g/mol. The summed E-state index contributed by atoms with van der Waals surface area (Å²) in [6.07, 6.45) is 1.47. The van der Waals surface area contributed by atoms with E-state index in [1.54, 1.807) is 42.5 Å². The number of furan rings is 1. The Morgan fingerprint density at radius 3 is 2.43 bits per heavy atom. The second kappa shape index (κ2) is 9.02. The smallest absolute Gasteiger partial charge is 0.337 e. The van der Waals surface area contributed by atoms with Crippen molar-refractivity contribution < 1.29 is 38.1 Å². The van der Waals surface area contributed by atoms with Crippen molar-refractivity contribution in [1.29, 1.82) is 0 Å². The zero-order valence-corrected chi connectivity index (χ0v) is 18.7. The van der Waals surface area contributed by atoms with E-state index in [0.29, 0.717) is 47.2 Å². The first-order chi connectivity index (χ1) is 17.0. The Balaban J connectivity index is 1.62. The molecule has 1 amide bonds. The molecule has 9 nitrogen and oxygen atoms in total. The number of aliphatic hydroxyl groups excluding tert-OH is 1. The molecule has 1 N–H and O–H groups in total. The van der Waals surface area contributed by atoms with Crippen molar-refractivity contribution in [3.8, 4) is 11.5 Å². The van der Waals surface area contributed by atoms with E-state index in [9.17, 15) is 19.5 Å². The number of fused-ring (bicyclic) bond motifs is 1. The lowest BCUT2D eigenvalue weighted by Crippen LogP contribution is -2.29. The van der Waals surface area contributed by atoms with Gasteiger partial charge in [-0.3, -0.25) is 9.59 Å². The standard InChI is InChI=1S/C26H21NO8/c1-32-26(31)16-6-4-15(5-7-16)22-21(24(29)25(30)27(22)14-18-3-2-10-33-18)23(28)17-8-9-19-20(13-17)35-12-11-34-19/h2-10,13,22,28H,11-12,14H2,1H3/b23-21+/t22-/m0/s1. The van der Waals surface area contributed by atoms with Gasteiger partial charge in [-0.15, -0.1) is 0 Å². The minimum Gasteiger partial charge on any atom is -0.507 e. The molecule has 3 heterocycles. The SMILES string of the molecule is COC(=O)c1ccc([C@H]2/C(=C(\O)c3ccc4c(c3)OCCO4)C(=O)C(=O)N2Cc2ccco2)cc1. The lowest BCUT2D eigenvalue weighted by molar-refractivity contribution is -0.140. The van der Waals surface area contributed by atoms with Crippen molar-refractivity contribution >= 4 is 23.4 Å². The highest BCUT2D eigenvalue weighted by molar-refractivity contribution is 6.46. The van der Waals surface area contributed by atoms with Gasteiger partial charge in [-0.05, 0) is 48.0 Å². The number of ketones is 1. The summed E-state index contributed by atoms with van der Waals surface area (Å²) in [6.45, 7) is 0.786. The number of hydrogen-bond acceptors (Lipinski definition) is 8. The summed E-state index contributed by atoms with van der Waals surface area (Å²) in [5.41, 5.74) is 1.07. The number of amides is 1. The third kappa shape index (κ3) is 4.01. The molecule has 9 heteroatoms. The van der Waals surface area contributed by atoms with Crippen LogP contribution >= 0.6 is 0 Å². The highest BCUT2D eigenvalue weighted by atomic mass is 16.6. The van der Waals surface area contributed by atoms with Gasteiger partial charge in [0.15, 0.2) is 11.5 Å². The Bertz CT molecular complexity index is 1320. The molecular formula is C26H21NO8. The molecule has 35 heavy (non-hydrogen) atoms. The number of esters is 1. The van der Waals surface area contributed by atoms with E-state index in [1.807, 2.05) is 0 Å². The van der Waals surface area contributed by atoms with E-state index >= 15 is 0 Å². The van der Waals surface area contributed by atoms with Crippen LogP contribution in [0.5, 0.6) is 11.5 Å². The van der Waals surface area contributed by atoms with Crippen LogP contribution in [0.4, 0.5) is 0 Å². The number of nitrogens with zero attached hydrogens (tertiary/aromatic N) is 1. The highest BCUT2D eigenvalue weighted by Crippen LogP contribution is 2.41. The molecule has 2 aliphatic heterocycles. The van der Waals surface area contributed by atoms with Gasteiger partial charge in [0.1, 0.15) is 24.7 Å². The third-order valence-corrected chi connectivity index (χ3v) is 5.91. The van der Waals surface area contributed by atoms with E-state index in [0.717, 1.165) is 0 Å². The van der Waals surface area contributed by atoms with E-state index in [2.05, 4.69) is 0 Å². The Morgan fingerprint density at radius 2 is 1.74 bits per heavy atom. The fourth-order valence-corrected chi connectivity index (χ4v) is 4.23. The van der Waals surface area contributed by atoms with E-state index in [-0.39, 0.29) is 17.9 Å². The van der Waals surface area contributed by atoms with Gasteiger partial charge in [-0.2, -0.15) is 0 Å². The van der Waals surface area contributed by atoms with Crippen LogP contribution in [-0.4, -0.2) is 48.0 Å². The minimum absolute atomic E-state index is 0.0128. The van der Waals surface area contributed by atoms with Crippen LogP contribution < -0.4 is 9.47 Å². The summed E-state index contributed by atoms with van der Waals surface area (Å²) >= 11 is 0. The van der Waals surface area contributed by atoms with Gasteiger partial charge in [0.25, 0.3) is 11.7 Å². The van der Waals surface area contributed by atoms with Crippen LogP contribution in [0.2, 0.25) is 0 Å². The lowest BCUT2D eigenvalue weighted by atomic mass is 9.94. The van der Waals surface area contributed by atoms with Crippen LogP contribution in [0.15, 0.2) is 70.9 Å². The van der Waals surface area contributed by atoms with Crippen molar-refractivity contribution in [2.45, 2.75) is 12.6 Å². The Hall–Kier alpha value is -4.53. The molecule has 3 aromatic rings. The summed E-state index contributed by atoms with van der Waals surface area (Å²) in [4.78, 5) is 39.5. The molecule has 0 unspecified atom stereocenters. The fourth-order valence-electron chi connectivity index (χ4n) is 4.23. The lowest BCUT2D eigenvalue weighted by Gasteiger charge is -2.25. The number of carbonyl (C=O) groups excluding carboxylic acids is 3. The first kappa shape index (κ1) is 22.3. The number of aliphatic hydroxyl groups is 1. The number of Topliss-reactive ketones (excluding diaryl/α,β-unsaturated/α-hetero) is 1. The molecule has 1 saturated heterocycles. The summed E-state index contributed by atoms with van der Waals surface area (Å²) in [5.74, 6) is -1.03. The molecule has 1 fully saturated rings. The zero-order chi connectivity index (χ0) is 24.5. The zero-order valence-electron chi connectivity index (χ0n) is 18.7. The van der Waals surface area contributed by atoms with Crippen LogP contribution in [0.1, 0.15) is 33.3 Å². The number of rotatable bonds is 5. The monoisotopic (exact) mass is 475 g/mol. The predicted octanol–water partition coefficient (Wildman–Crippen LogP) is 3.46. The number of likely N-dealkylation sites (tertiary alicyclic amines) is 1. The first-order valence-electron chi connectivity index (χ1n) is 10.9. The van der Waals surface area contributed by atoms with Crippen LogP contribution in [0.25, 0.3) is 5.76 Å². The van der Waals surface area contributed by atoms with E-state index in [4.69, 9.17) is 18.6 Å². The largest absolute Gasteiger partial charge is 0.507 e. The van der Waals surface area contributed by atoms with Crippen LogP contribution in [-0.2, 0) is 20.9 Å². The number of benzene rings is 2. The summed E-state index contributed by atoms with van der Waals surface area (Å²) < 4.78 is 21.3. The normalized spacial score (nSPS) is 18.5. The van der Waals surface area contributed by atoms with E-state index in [1.165, 1.54) is 30.4 Å². The van der Waals surface area contributed by atoms with Crippen LogP contribution in [0.3, 0.4) is 0 Å². The highest BCUT2D eigenvalue weighted by Gasteiger charge is 2.46. The van der Waals surface area contributed by atoms with Gasteiger partial charge in [0.05, 0.1) is 37.1 Å². The van der Waals surface area contributed by atoms with Gasteiger partial charge < -0.3 is 28.6 Å². The number of methoxy groups -OCH3 is 1. The van der Waals surface area contributed by atoms with Crippen LogP contribution in [0, 0.1) is 0 Å². The summed E-state index contributed by atoms with van der Waals surface area (Å²) in [5, 5.41) is 11.3. The maximum absolute atomic E-state index is 13.2. The molecule has 0 bridgehead atoms. The summed E-state index contributed by atoms with van der Waals surface area (Å²) in [6, 6.07) is 13.6. The van der Waals surface area contributed by atoms with Crippen molar-refractivity contribution in [3.63, 3.8) is 0 Å². The molecule has 1 atom stereocenters. The first-order valence-corrected chi connectivity index (χ1v) is 10.9. The Morgan fingerprint density at radius 1 is 1.03 bits per heavy atom. The third-order valence-electron chi connectivity index (χ3n) is 5.91. The maximum Gasteiger partial charge on any atom is 0.337 e. The minimum atomic E-state index is -0.917. The maximum atomic E-state index is 13.2. The van der Waals surface area contributed by atoms with Crippen molar-refractivity contribution in [1.82, 2.24) is 4.90 Å². The molecule has 178 valence electrons. The topological polar surface area (TPSA) is 116 Å². The fraction of sp³-hybridized carbons (Fsp3) is 0.192. The number of hydrogen-bond donors (Lipinski definition) is 1. The Labute approximate surface area is 200 Å². The molecule has 2 aromatic carbocycles. The van der Waals surface area contributed by atoms with Gasteiger partial charge in [-0.25, -0.2) is 4.79 Å².